The molecule has 13 heteroatoms. The zero-order valence-electron chi connectivity index (χ0n) is 15.3. The lowest BCUT2D eigenvalue weighted by Gasteiger charge is -2.16. The first-order chi connectivity index (χ1) is 13.6. The second-order valence-corrected chi connectivity index (χ2v) is 6.22. The standard InChI is InChI=1S/C16H16ClF3N4O5/c1-3-6-28-12(8-21-25)10-7-9(4-5-11(10)24(26)27)29-15-13(17)14(16(18,19)20)23(2)22-15/h4-5,7,12H,3,6,8H2,1-2H3. The Labute approximate surface area is 167 Å². The minimum Gasteiger partial charge on any atom is -0.436 e. The van der Waals surface area contributed by atoms with Crippen molar-refractivity contribution in [3.8, 4) is 11.6 Å². The van der Waals surface area contributed by atoms with Crippen LogP contribution in [0, 0.1) is 15.0 Å². The quantitative estimate of drug-likeness (QED) is 0.310. The van der Waals surface area contributed by atoms with E-state index in [0.29, 0.717) is 11.1 Å². The number of nitroso groups, excluding NO2 is 1. The summed E-state index contributed by atoms with van der Waals surface area (Å²) >= 11 is 5.75. The number of rotatable bonds is 9. The van der Waals surface area contributed by atoms with Gasteiger partial charge in [-0.25, -0.2) is 0 Å². The monoisotopic (exact) mass is 436 g/mol. The predicted octanol–water partition coefficient (Wildman–Crippen LogP) is 5.03. The van der Waals surface area contributed by atoms with Crippen molar-refractivity contribution in [1.82, 2.24) is 9.78 Å². The van der Waals surface area contributed by atoms with Gasteiger partial charge in [0.1, 0.15) is 23.4 Å². The molecule has 0 amide bonds. The number of alkyl halides is 3. The maximum absolute atomic E-state index is 13.0. The number of benzene rings is 1. The van der Waals surface area contributed by atoms with E-state index in [9.17, 15) is 28.2 Å². The average molecular weight is 437 g/mol. The Kier molecular flexibility index (Phi) is 7.14. The minimum atomic E-state index is -4.75. The number of nitro benzene ring substituents is 1. The summed E-state index contributed by atoms with van der Waals surface area (Å²) in [5, 5.41) is 16.9. The summed E-state index contributed by atoms with van der Waals surface area (Å²) in [7, 11) is 1.05. The van der Waals surface area contributed by atoms with Gasteiger partial charge in [-0.05, 0) is 18.6 Å². The molecule has 1 aromatic heterocycles. The fourth-order valence-corrected chi connectivity index (χ4v) is 2.85. The van der Waals surface area contributed by atoms with E-state index in [1.165, 1.54) is 12.1 Å². The molecular formula is C16H16ClF3N4O5. The Bertz CT molecular complexity index is 903. The van der Waals surface area contributed by atoms with Crippen molar-refractivity contribution >= 4 is 17.3 Å². The molecule has 0 spiro atoms. The molecule has 158 valence electrons. The van der Waals surface area contributed by atoms with Crippen LogP contribution >= 0.6 is 11.6 Å². The molecule has 0 saturated heterocycles. The third-order valence-electron chi connectivity index (χ3n) is 3.75. The molecule has 0 radical (unpaired) electrons. The fourth-order valence-electron chi connectivity index (χ4n) is 2.55. The number of aryl methyl sites for hydroxylation is 1. The second kappa shape index (κ2) is 9.18. The average Bonchev–Trinajstić information content (AvgIpc) is 2.91. The Hall–Kier alpha value is -2.73. The summed E-state index contributed by atoms with van der Waals surface area (Å²) in [5.74, 6) is -0.601. The van der Waals surface area contributed by atoms with E-state index in [4.69, 9.17) is 21.1 Å². The molecule has 1 unspecified atom stereocenters. The third-order valence-corrected chi connectivity index (χ3v) is 4.09. The van der Waals surface area contributed by atoms with Crippen LogP contribution in [0.1, 0.15) is 30.7 Å². The van der Waals surface area contributed by atoms with Crippen LogP contribution in [0.2, 0.25) is 5.02 Å². The van der Waals surface area contributed by atoms with Crippen LogP contribution in [-0.2, 0) is 18.0 Å². The molecule has 1 aromatic carbocycles. The first-order valence-corrected chi connectivity index (χ1v) is 8.64. The number of hydrogen-bond acceptors (Lipinski definition) is 7. The highest BCUT2D eigenvalue weighted by atomic mass is 35.5. The van der Waals surface area contributed by atoms with Crippen molar-refractivity contribution in [1.29, 1.82) is 0 Å². The van der Waals surface area contributed by atoms with Crippen molar-refractivity contribution in [3.63, 3.8) is 0 Å². The molecule has 1 heterocycles. The lowest BCUT2D eigenvalue weighted by Crippen LogP contribution is -2.12. The van der Waals surface area contributed by atoms with Crippen molar-refractivity contribution in [3.05, 3.63) is 49.5 Å². The summed E-state index contributed by atoms with van der Waals surface area (Å²) in [6.07, 6.45) is -5.19. The second-order valence-electron chi connectivity index (χ2n) is 5.84. The van der Waals surface area contributed by atoms with E-state index >= 15 is 0 Å². The lowest BCUT2D eigenvalue weighted by atomic mass is 10.1. The normalized spacial score (nSPS) is 12.6. The highest BCUT2D eigenvalue weighted by molar-refractivity contribution is 6.32. The van der Waals surface area contributed by atoms with Gasteiger partial charge in [0.15, 0.2) is 5.69 Å². The largest absolute Gasteiger partial charge is 0.436 e. The van der Waals surface area contributed by atoms with Crippen molar-refractivity contribution in [2.75, 3.05) is 13.2 Å². The van der Waals surface area contributed by atoms with Gasteiger partial charge in [0.2, 0.25) is 0 Å². The highest BCUT2D eigenvalue weighted by Gasteiger charge is 2.39. The van der Waals surface area contributed by atoms with Gasteiger partial charge in [-0.3, -0.25) is 14.8 Å². The molecule has 0 N–H and O–H groups in total. The first kappa shape index (κ1) is 22.6. The van der Waals surface area contributed by atoms with Gasteiger partial charge >= 0.3 is 6.18 Å². The molecule has 0 saturated carbocycles. The molecular weight excluding hydrogens is 421 g/mol. The summed E-state index contributed by atoms with van der Waals surface area (Å²) in [4.78, 5) is 21.4. The molecule has 0 fully saturated rings. The zero-order valence-corrected chi connectivity index (χ0v) is 16.0. The number of hydrogen-bond donors (Lipinski definition) is 0. The molecule has 0 aliphatic carbocycles. The molecule has 0 aliphatic heterocycles. The van der Waals surface area contributed by atoms with E-state index in [-0.39, 0.29) is 23.6 Å². The number of ether oxygens (including phenoxy) is 2. The van der Waals surface area contributed by atoms with Gasteiger partial charge in [0.05, 0.1) is 10.5 Å². The van der Waals surface area contributed by atoms with Crippen LogP contribution in [0.5, 0.6) is 11.6 Å². The minimum absolute atomic E-state index is 0.0105. The Morgan fingerprint density at radius 2 is 2.10 bits per heavy atom. The maximum Gasteiger partial charge on any atom is 0.434 e. The number of halogens is 4. The highest BCUT2D eigenvalue weighted by Crippen LogP contribution is 2.41. The summed E-state index contributed by atoms with van der Waals surface area (Å²) in [5.41, 5.74) is -1.57. The summed E-state index contributed by atoms with van der Waals surface area (Å²) < 4.78 is 50.4. The SMILES string of the molecule is CCCOC(CN=O)c1cc(Oc2nn(C)c(C(F)(F)F)c2Cl)ccc1[N+](=O)[O-]. The van der Waals surface area contributed by atoms with Crippen molar-refractivity contribution in [2.24, 2.45) is 12.2 Å². The molecule has 0 aliphatic rings. The molecule has 0 bridgehead atoms. The number of nitro groups is 1. The smallest absolute Gasteiger partial charge is 0.434 e. The van der Waals surface area contributed by atoms with Crippen LogP contribution in [0.15, 0.2) is 23.4 Å². The third kappa shape index (κ3) is 5.21. The van der Waals surface area contributed by atoms with Crippen molar-refractivity contribution in [2.45, 2.75) is 25.6 Å². The van der Waals surface area contributed by atoms with Crippen LogP contribution in [0.3, 0.4) is 0 Å². The van der Waals surface area contributed by atoms with Crippen LogP contribution in [0.4, 0.5) is 18.9 Å². The fraction of sp³-hybridized carbons (Fsp3) is 0.438. The van der Waals surface area contributed by atoms with E-state index < -0.39 is 40.3 Å². The summed E-state index contributed by atoms with van der Waals surface area (Å²) in [6.45, 7) is 1.62. The molecule has 9 nitrogen and oxygen atoms in total. The topological polar surface area (TPSA) is 109 Å². The van der Waals surface area contributed by atoms with Gasteiger partial charge < -0.3 is 9.47 Å². The van der Waals surface area contributed by atoms with Crippen LogP contribution in [-0.4, -0.2) is 27.9 Å². The van der Waals surface area contributed by atoms with Gasteiger partial charge in [-0.15, -0.1) is 5.10 Å². The Morgan fingerprint density at radius 1 is 1.41 bits per heavy atom. The Balaban J connectivity index is 2.45. The van der Waals surface area contributed by atoms with E-state index in [2.05, 4.69) is 10.3 Å². The predicted molar refractivity (Wildman–Crippen MR) is 96.0 cm³/mol. The maximum atomic E-state index is 13.0. The number of aromatic nitrogens is 2. The van der Waals surface area contributed by atoms with Crippen LogP contribution < -0.4 is 4.74 Å². The Morgan fingerprint density at radius 3 is 2.62 bits per heavy atom. The summed E-state index contributed by atoms with van der Waals surface area (Å²) in [6, 6.07) is 3.44. The first-order valence-electron chi connectivity index (χ1n) is 8.26. The van der Waals surface area contributed by atoms with E-state index in [1.807, 2.05) is 0 Å². The molecule has 1 atom stereocenters. The lowest BCUT2D eigenvalue weighted by molar-refractivity contribution is -0.386. The molecule has 2 rings (SSSR count). The van der Waals surface area contributed by atoms with Gasteiger partial charge in [0.25, 0.3) is 11.6 Å². The van der Waals surface area contributed by atoms with Gasteiger partial charge in [-0.1, -0.05) is 23.7 Å². The van der Waals surface area contributed by atoms with Gasteiger partial charge in [-0.2, -0.15) is 18.1 Å². The van der Waals surface area contributed by atoms with E-state index in [0.717, 1.165) is 13.1 Å². The van der Waals surface area contributed by atoms with Gasteiger partial charge in [0, 0.05) is 19.7 Å². The molecule has 29 heavy (non-hydrogen) atoms. The van der Waals surface area contributed by atoms with E-state index in [1.54, 1.807) is 6.92 Å². The number of nitrogens with zero attached hydrogens (tertiary/aromatic N) is 4. The molecule has 2 aromatic rings. The van der Waals surface area contributed by atoms with Crippen LogP contribution in [0.25, 0.3) is 0 Å². The zero-order chi connectivity index (χ0) is 21.8. The van der Waals surface area contributed by atoms with Crippen molar-refractivity contribution < 1.29 is 27.6 Å².